The summed E-state index contributed by atoms with van der Waals surface area (Å²) in [5.74, 6) is -0.316. The molecule has 1 amide bonds. The van der Waals surface area contributed by atoms with Gasteiger partial charge in [-0.15, -0.1) is 0 Å². The van der Waals surface area contributed by atoms with Gasteiger partial charge in [-0.2, -0.15) is 5.10 Å². The summed E-state index contributed by atoms with van der Waals surface area (Å²) in [6, 6.07) is 13.6. The molecule has 0 aliphatic carbocycles. The summed E-state index contributed by atoms with van der Waals surface area (Å²) in [4.78, 5) is 12.2. The van der Waals surface area contributed by atoms with Crippen LogP contribution in [-0.4, -0.2) is 16.1 Å². The minimum Gasteiger partial charge on any atom is -0.395 e. The fourth-order valence-electron chi connectivity index (χ4n) is 2.13. The van der Waals surface area contributed by atoms with Crippen molar-refractivity contribution in [3.63, 3.8) is 0 Å². The lowest BCUT2D eigenvalue weighted by Gasteiger charge is -2.07. The number of amides is 1. The van der Waals surface area contributed by atoms with E-state index < -0.39 is 0 Å². The minimum absolute atomic E-state index is 0.218. The molecule has 0 spiro atoms. The quantitative estimate of drug-likeness (QED) is 0.666. The van der Waals surface area contributed by atoms with Crippen LogP contribution in [0.1, 0.15) is 16.2 Å². The van der Waals surface area contributed by atoms with E-state index in [-0.39, 0.29) is 11.6 Å². The Bertz CT molecular complexity index is 786. The molecular formula is C15H14N4O. The molecule has 0 atom stereocenters. The lowest BCUT2D eigenvalue weighted by atomic mass is 10.1. The molecule has 0 aliphatic heterocycles. The molecule has 0 unspecified atom stereocenters. The van der Waals surface area contributed by atoms with E-state index in [1.54, 1.807) is 6.92 Å². The van der Waals surface area contributed by atoms with Crippen molar-refractivity contribution in [2.75, 3.05) is 11.1 Å². The highest BCUT2D eigenvalue weighted by Gasteiger charge is 2.16. The van der Waals surface area contributed by atoms with Crippen LogP contribution >= 0.6 is 0 Å². The molecule has 4 N–H and O–H groups in total. The van der Waals surface area contributed by atoms with Crippen molar-refractivity contribution in [2.45, 2.75) is 6.92 Å². The lowest BCUT2D eigenvalue weighted by molar-refractivity contribution is 0.102. The molecule has 100 valence electrons. The fourth-order valence-corrected chi connectivity index (χ4v) is 2.13. The number of aromatic amines is 1. The highest BCUT2D eigenvalue weighted by molar-refractivity contribution is 6.10. The van der Waals surface area contributed by atoms with E-state index in [4.69, 9.17) is 5.73 Å². The largest absolute Gasteiger partial charge is 0.395 e. The topological polar surface area (TPSA) is 83.8 Å². The third-order valence-corrected chi connectivity index (χ3v) is 3.25. The Hall–Kier alpha value is -2.82. The highest BCUT2D eigenvalue weighted by atomic mass is 16.2. The van der Waals surface area contributed by atoms with Crippen molar-refractivity contribution in [3.05, 3.63) is 53.9 Å². The number of aryl methyl sites for hydroxylation is 1. The van der Waals surface area contributed by atoms with Gasteiger partial charge in [0, 0.05) is 11.1 Å². The second-order valence-corrected chi connectivity index (χ2v) is 4.59. The van der Waals surface area contributed by atoms with Gasteiger partial charge in [0.15, 0.2) is 5.69 Å². The Balaban J connectivity index is 1.97. The average molecular weight is 266 g/mol. The van der Waals surface area contributed by atoms with E-state index in [1.165, 1.54) is 0 Å². The summed E-state index contributed by atoms with van der Waals surface area (Å²) < 4.78 is 0. The number of nitrogen functional groups attached to an aromatic ring is 1. The monoisotopic (exact) mass is 266 g/mol. The van der Waals surface area contributed by atoms with Crippen LogP contribution in [0.15, 0.2) is 42.5 Å². The molecule has 1 heterocycles. The molecule has 3 rings (SSSR count). The molecule has 0 aliphatic rings. The number of fused-ring (bicyclic) bond motifs is 1. The summed E-state index contributed by atoms with van der Waals surface area (Å²) in [5, 5.41) is 11.5. The summed E-state index contributed by atoms with van der Waals surface area (Å²) in [6.07, 6.45) is 0. The Morgan fingerprint density at radius 1 is 1.20 bits per heavy atom. The third kappa shape index (κ3) is 1.99. The first-order valence-corrected chi connectivity index (χ1v) is 6.26. The number of carbonyl (C=O) groups excluding carboxylic acids is 1. The number of H-pyrrole nitrogens is 1. The summed E-state index contributed by atoms with van der Waals surface area (Å²) in [6.45, 7) is 1.77. The van der Waals surface area contributed by atoms with Crippen molar-refractivity contribution < 1.29 is 4.79 Å². The molecule has 5 heteroatoms. The summed E-state index contributed by atoms with van der Waals surface area (Å²) in [7, 11) is 0. The molecule has 20 heavy (non-hydrogen) atoms. The molecule has 3 aromatic rings. The van der Waals surface area contributed by atoms with Crippen molar-refractivity contribution in [1.82, 2.24) is 10.2 Å². The second-order valence-electron chi connectivity index (χ2n) is 4.59. The first kappa shape index (κ1) is 12.2. The Morgan fingerprint density at radius 2 is 1.95 bits per heavy atom. The van der Waals surface area contributed by atoms with Crippen molar-refractivity contribution >= 4 is 28.1 Å². The summed E-state index contributed by atoms with van der Waals surface area (Å²) >= 11 is 0. The maximum Gasteiger partial charge on any atom is 0.278 e. The van der Waals surface area contributed by atoms with Gasteiger partial charge in [0.2, 0.25) is 0 Å². The van der Waals surface area contributed by atoms with Gasteiger partial charge in [0.1, 0.15) is 0 Å². The number of aromatic nitrogens is 2. The summed E-state index contributed by atoms with van der Waals surface area (Å²) in [5.41, 5.74) is 7.84. The number of benzene rings is 2. The number of anilines is 2. The number of rotatable bonds is 2. The van der Waals surface area contributed by atoms with Gasteiger partial charge < -0.3 is 11.1 Å². The first-order valence-electron chi connectivity index (χ1n) is 6.26. The molecule has 5 nitrogen and oxygen atoms in total. The Morgan fingerprint density at radius 3 is 2.70 bits per heavy atom. The first-order chi connectivity index (χ1) is 9.66. The minimum atomic E-state index is -0.316. The van der Waals surface area contributed by atoms with Crippen LogP contribution in [0.25, 0.3) is 10.8 Å². The van der Waals surface area contributed by atoms with Gasteiger partial charge in [0.05, 0.1) is 11.4 Å². The van der Waals surface area contributed by atoms with E-state index in [1.807, 2.05) is 42.5 Å². The number of nitrogens with two attached hydrogens (primary N) is 1. The second kappa shape index (κ2) is 4.70. The van der Waals surface area contributed by atoms with E-state index in [9.17, 15) is 4.79 Å². The van der Waals surface area contributed by atoms with Crippen LogP contribution in [-0.2, 0) is 0 Å². The molecule has 0 bridgehead atoms. The zero-order chi connectivity index (χ0) is 14.1. The van der Waals surface area contributed by atoms with Gasteiger partial charge in [-0.1, -0.05) is 36.4 Å². The zero-order valence-corrected chi connectivity index (χ0v) is 11.0. The van der Waals surface area contributed by atoms with Crippen LogP contribution in [0, 0.1) is 6.92 Å². The lowest BCUT2D eigenvalue weighted by Crippen LogP contribution is -2.14. The molecule has 1 aromatic heterocycles. The number of hydrogen-bond donors (Lipinski definition) is 3. The van der Waals surface area contributed by atoms with Crippen molar-refractivity contribution in [2.24, 2.45) is 0 Å². The van der Waals surface area contributed by atoms with Gasteiger partial charge in [-0.3, -0.25) is 9.89 Å². The predicted octanol–water partition coefficient (Wildman–Crippen LogP) is 2.71. The van der Waals surface area contributed by atoms with Crippen LogP contribution in [0.2, 0.25) is 0 Å². The van der Waals surface area contributed by atoms with Crippen LogP contribution in [0.4, 0.5) is 11.4 Å². The average Bonchev–Trinajstić information content (AvgIpc) is 2.79. The van der Waals surface area contributed by atoms with Crippen LogP contribution < -0.4 is 11.1 Å². The maximum atomic E-state index is 12.2. The SMILES string of the molecule is Cc1[nH]nc(C(=O)Nc2cccc3ccccc23)c1N. The van der Waals surface area contributed by atoms with E-state index in [0.717, 1.165) is 16.5 Å². The smallest absolute Gasteiger partial charge is 0.278 e. The van der Waals surface area contributed by atoms with Gasteiger partial charge in [-0.05, 0) is 18.4 Å². The fraction of sp³-hybridized carbons (Fsp3) is 0.0667. The van der Waals surface area contributed by atoms with Gasteiger partial charge in [-0.25, -0.2) is 0 Å². The Labute approximate surface area is 115 Å². The predicted molar refractivity (Wildman–Crippen MR) is 79.6 cm³/mol. The maximum absolute atomic E-state index is 12.2. The van der Waals surface area contributed by atoms with Gasteiger partial charge in [0.25, 0.3) is 5.91 Å². The molecule has 2 aromatic carbocycles. The zero-order valence-electron chi connectivity index (χ0n) is 11.0. The van der Waals surface area contributed by atoms with E-state index in [2.05, 4.69) is 15.5 Å². The number of carbonyl (C=O) groups is 1. The Kier molecular flexibility index (Phi) is 2.87. The van der Waals surface area contributed by atoms with Crippen LogP contribution in [0.5, 0.6) is 0 Å². The number of hydrogen-bond acceptors (Lipinski definition) is 3. The third-order valence-electron chi connectivity index (χ3n) is 3.25. The number of nitrogens with one attached hydrogen (secondary N) is 2. The van der Waals surface area contributed by atoms with Crippen molar-refractivity contribution in [1.29, 1.82) is 0 Å². The van der Waals surface area contributed by atoms with E-state index >= 15 is 0 Å². The highest BCUT2D eigenvalue weighted by Crippen LogP contribution is 2.24. The van der Waals surface area contributed by atoms with Crippen molar-refractivity contribution in [3.8, 4) is 0 Å². The molecule has 0 fully saturated rings. The normalized spacial score (nSPS) is 10.7. The number of nitrogens with zero attached hydrogens (tertiary/aromatic N) is 1. The molecule has 0 saturated heterocycles. The standard InChI is InChI=1S/C15H14N4O/c1-9-13(16)14(19-18-9)15(20)17-12-8-4-6-10-5-2-3-7-11(10)12/h2-8H,16H2,1H3,(H,17,20)(H,18,19). The van der Waals surface area contributed by atoms with E-state index in [0.29, 0.717) is 11.4 Å². The van der Waals surface area contributed by atoms with Crippen LogP contribution in [0.3, 0.4) is 0 Å². The molecule has 0 radical (unpaired) electrons. The molecule has 0 saturated carbocycles. The van der Waals surface area contributed by atoms with Gasteiger partial charge >= 0.3 is 0 Å². The molecular weight excluding hydrogens is 252 g/mol.